The summed E-state index contributed by atoms with van der Waals surface area (Å²) in [6.07, 6.45) is 10.9. The summed E-state index contributed by atoms with van der Waals surface area (Å²) in [6, 6.07) is 0. The van der Waals surface area contributed by atoms with Crippen LogP contribution >= 0.6 is 0 Å². The average molecular weight is 258 g/mol. The van der Waals surface area contributed by atoms with Crippen molar-refractivity contribution in [1.29, 1.82) is 0 Å². The second kappa shape index (κ2) is 16.8. The van der Waals surface area contributed by atoms with Gasteiger partial charge in [0, 0.05) is 26.2 Å². The smallest absolute Gasteiger partial charge is 0.00745 e. The molecular weight excluding hydrogens is 224 g/mol. The third-order valence-corrected chi connectivity index (χ3v) is 3.10. The van der Waals surface area contributed by atoms with Crippen molar-refractivity contribution in [2.45, 2.75) is 51.4 Å². The molecule has 18 heavy (non-hydrogen) atoms. The van der Waals surface area contributed by atoms with Gasteiger partial charge < -0.3 is 22.1 Å². The van der Waals surface area contributed by atoms with Crippen LogP contribution in [0.2, 0.25) is 0 Å². The van der Waals surface area contributed by atoms with Gasteiger partial charge in [-0.05, 0) is 25.9 Å². The molecule has 0 aliphatic rings. The van der Waals surface area contributed by atoms with Gasteiger partial charge in [0.05, 0.1) is 0 Å². The van der Waals surface area contributed by atoms with Crippen LogP contribution in [-0.2, 0) is 0 Å². The maximum absolute atomic E-state index is 5.40. The van der Waals surface area contributed by atoms with E-state index in [1.165, 1.54) is 51.4 Å². The van der Waals surface area contributed by atoms with Crippen LogP contribution in [0.5, 0.6) is 0 Å². The first-order valence-electron chi connectivity index (χ1n) is 7.73. The topological polar surface area (TPSA) is 76.1 Å². The number of nitrogens with two attached hydrogens (primary N) is 2. The van der Waals surface area contributed by atoms with Crippen molar-refractivity contribution < 1.29 is 0 Å². The van der Waals surface area contributed by atoms with E-state index in [1.807, 2.05) is 0 Å². The summed E-state index contributed by atoms with van der Waals surface area (Å²) >= 11 is 0. The molecule has 0 aromatic carbocycles. The SMILES string of the molecule is NCCNCCCCCCCCCCNCCN. The molecule has 0 saturated heterocycles. The molecule has 4 heteroatoms. The van der Waals surface area contributed by atoms with E-state index < -0.39 is 0 Å². The van der Waals surface area contributed by atoms with Gasteiger partial charge in [0.15, 0.2) is 0 Å². The van der Waals surface area contributed by atoms with E-state index in [4.69, 9.17) is 11.5 Å². The largest absolute Gasteiger partial charge is 0.329 e. The Morgan fingerprint density at radius 2 is 0.778 bits per heavy atom. The average Bonchev–Trinajstić information content (AvgIpc) is 2.39. The highest BCUT2D eigenvalue weighted by Crippen LogP contribution is 2.07. The Labute approximate surface area is 113 Å². The first kappa shape index (κ1) is 17.8. The molecule has 0 spiro atoms. The van der Waals surface area contributed by atoms with Crippen LogP contribution in [0.3, 0.4) is 0 Å². The van der Waals surface area contributed by atoms with Crippen LogP contribution in [0.1, 0.15) is 51.4 Å². The molecule has 0 heterocycles. The molecule has 0 atom stereocenters. The lowest BCUT2D eigenvalue weighted by molar-refractivity contribution is 0.542. The number of hydrogen-bond acceptors (Lipinski definition) is 4. The third kappa shape index (κ3) is 15.8. The molecule has 0 fully saturated rings. The Hall–Kier alpha value is -0.160. The fraction of sp³-hybridized carbons (Fsp3) is 1.00. The minimum atomic E-state index is 0.750. The first-order chi connectivity index (χ1) is 8.91. The van der Waals surface area contributed by atoms with Crippen molar-refractivity contribution in [3.63, 3.8) is 0 Å². The fourth-order valence-electron chi connectivity index (χ4n) is 2.01. The molecule has 0 unspecified atom stereocenters. The Bertz CT molecular complexity index is 126. The van der Waals surface area contributed by atoms with E-state index in [1.54, 1.807) is 0 Å². The van der Waals surface area contributed by atoms with E-state index in [0.717, 1.165) is 39.3 Å². The molecule has 0 aromatic heterocycles. The highest BCUT2D eigenvalue weighted by molar-refractivity contribution is 4.52. The molecule has 6 N–H and O–H groups in total. The zero-order valence-corrected chi connectivity index (χ0v) is 12.1. The van der Waals surface area contributed by atoms with E-state index in [0.29, 0.717) is 0 Å². The normalized spacial score (nSPS) is 11.0. The van der Waals surface area contributed by atoms with E-state index >= 15 is 0 Å². The van der Waals surface area contributed by atoms with Crippen molar-refractivity contribution in [1.82, 2.24) is 10.6 Å². The number of rotatable bonds is 15. The van der Waals surface area contributed by atoms with Crippen LogP contribution < -0.4 is 22.1 Å². The Balaban J connectivity index is 2.86. The Morgan fingerprint density at radius 3 is 1.11 bits per heavy atom. The standard InChI is InChI=1S/C14H34N4/c15-9-13-17-11-7-5-3-1-2-4-6-8-12-18-14-10-16/h17-18H,1-16H2. The van der Waals surface area contributed by atoms with Crippen molar-refractivity contribution in [2.75, 3.05) is 39.3 Å². The lowest BCUT2D eigenvalue weighted by Gasteiger charge is -2.04. The monoisotopic (exact) mass is 258 g/mol. The molecule has 0 aliphatic heterocycles. The van der Waals surface area contributed by atoms with Crippen LogP contribution in [0, 0.1) is 0 Å². The number of hydrogen-bond donors (Lipinski definition) is 4. The van der Waals surface area contributed by atoms with Crippen molar-refractivity contribution in [2.24, 2.45) is 11.5 Å². The van der Waals surface area contributed by atoms with Crippen molar-refractivity contribution in [3.8, 4) is 0 Å². The maximum atomic E-state index is 5.40. The van der Waals surface area contributed by atoms with Crippen molar-refractivity contribution in [3.05, 3.63) is 0 Å². The van der Waals surface area contributed by atoms with Gasteiger partial charge in [-0.2, -0.15) is 0 Å². The van der Waals surface area contributed by atoms with Crippen molar-refractivity contribution >= 4 is 0 Å². The van der Waals surface area contributed by atoms with Crippen LogP contribution in [0.4, 0.5) is 0 Å². The number of unbranched alkanes of at least 4 members (excludes halogenated alkanes) is 7. The highest BCUT2D eigenvalue weighted by atomic mass is 14.9. The molecule has 0 rings (SSSR count). The van der Waals surface area contributed by atoms with E-state index in [-0.39, 0.29) is 0 Å². The van der Waals surface area contributed by atoms with Gasteiger partial charge in [-0.1, -0.05) is 38.5 Å². The van der Waals surface area contributed by atoms with E-state index in [9.17, 15) is 0 Å². The predicted molar refractivity (Wildman–Crippen MR) is 80.8 cm³/mol. The first-order valence-corrected chi connectivity index (χ1v) is 7.73. The highest BCUT2D eigenvalue weighted by Gasteiger charge is 1.92. The molecular formula is C14H34N4. The summed E-state index contributed by atoms with van der Waals surface area (Å²) in [5, 5.41) is 6.66. The second-order valence-corrected chi connectivity index (χ2v) is 4.91. The summed E-state index contributed by atoms with van der Waals surface area (Å²) in [5.74, 6) is 0. The minimum Gasteiger partial charge on any atom is -0.329 e. The van der Waals surface area contributed by atoms with Gasteiger partial charge >= 0.3 is 0 Å². The van der Waals surface area contributed by atoms with Gasteiger partial charge in [-0.3, -0.25) is 0 Å². The lowest BCUT2D eigenvalue weighted by atomic mass is 10.1. The molecule has 110 valence electrons. The lowest BCUT2D eigenvalue weighted by Crippen LogP contribution is -2.23. The van der Waals surface area contributed by atoms with Gasteiger partial charge in [-0.15, -0.1) is 0 Å². The van der Waals surface area contributed by atoms with Gasteiger partial charge in [0.1, 0.15) is 0 Å². The summed E-state index contributed by atoms with van der Waals surface area (Å²) in [6.45, 7) is 5.67. The van der Waals surface area contributed by atoms with Gasteiger partial charge in [-0.25, -0.2) is 0 Å². The molecule has 0 radical (unpaired) electrons. The summed E-state index contributed by atoms with van der Waals surface area (Å²) in [4.78, 5) is 0. The van der Waals surface area contributed by atoms with Crippen LogP contribution in [0.15, 0.2) is 0 Å². The molecule has 4 nitrogen and oxygen atoms in total. The molecule has 0 amide bonds. The second-order valence-electron chi connectivity index (χ2n) is 4.91. The summed E-state index contributed by atoms with van der Waals surface area (Å²) in [7, 11) is 0. The Kier molecular flexibility index (Phi) is 16.7. The number of nitrogens with one attached hydrogen (secondary N) is 2. The fourth-order valence-corrected chi connectivity index (χ4v) is 2.01. The summed E-state index contributed by atoms with van der Waals surface area (Å²) < 4.78 is 0. The van der Waals surface area contributed by atoms with Gasteiger partial charge in [0.2, 0.25) is 0 Å². The van der Waals surface area contributed by atoms with E-state index in [2.05, 4.69) is 10.6 Å². The zero-order valence-electron chi connectivity index (χ0n) is 12.1. The van der Waals surface area contributed by atoms with Crippen LogP contribution in [-0.4, -0.2) is 39.3 Å². The Morgan fingerprint density at radius 1 is 0.444 bits per heavy atom. The maximum Gasteiger partial charge on any atom is 0.00745 e. The predicted octanol–water partition coefficient (Wildman–Crippen LogP) is 1.20. The molecule has 0 aromatic rings. The van der Waals surface area contributed by atoms with Gasteiger partial charge in [0.25, 0.3) is 0 Å². The summed E-state index contributed by atoms with van der Waals surface area (Å²) in [5.41, 5.74) is 10.8. The van der Waals surface area contributed by atoms with Crippen LogP contribution in [0.25, 0.3) is 0 Å². The minimum absolute atomic E-state index is 0.750. The molecule has 0 aliphatic carbocycles. The molecule has 0 saturated carbocycles. The quantitative estimate of drug-likeness (QED) is 0.333. The molecule has 0 bridgehead atoms. The zero-order chi connectivity index (χ0) is 13.3. The third-order valence-electron chi connectivity index (χ3n) is 3.10.